The Morgan fingerprint density at radius 2 is 2.22 bits per heavy atom. The van der Waals surface area contributed by atoms with Crippen molar-refractivity contribution < 1.29 is 8.78 Å². The predicted octanol–water partition coefficient (Wildman–Crippen LogP) is 1.49. The molecule has 2 aromatic heterocycles. The van der Waals surface area contributed by atoms with Crippen LogP contribution in [0.5, 0.6) is 0 Å². The van der Waals surface area contributed by atoms with Crippen molar-refractivity contribution in [2.45, 2.75) is 13.3 Å². The Labute approximate surface area is 102 Å². The van der Waals surface area contributed by atoms with E-state index in [1.807, 2.05) is 6.92 Å². The van der Waals surface area contributed by atoms with Crippen LogP contribution in [0, 0.1) is 0 Å². The van der Waals surface area contributed by atoms with Gasteiger partial charge < -0.3 is 10.2 Å². The lowest BCUT2D eigenvalue weighted by molar-refractivity contribution is 0.156. The van der Waals surface area contributed by atoms with E-state index in [4.69, 9.17) is 0 Å². The van der Waals surface area contributed by atoms with Gasteiger partial charge in [-0.25, -0.2) is 8.78 Å². The highest BCUT2D eigenvalue weighted by molar-refractivity contribution is 5.87. The van der Waals surface area contributed by atoms with Gasteiger partial charge in [-0.05, 0) is 6.92 Å². The lowest BCUT2D eigenvalue weighted by Gasteiger charge is -2.18. The molecule has 0 radical (unpaired) electrons. The summed E-state index contributed by atoms with van der Waals surface area (Å²) in [5, 5.41) is 10.1. The van der Waals surface area contributed by atoms with Crippen molar-refractivity contribution in [3.8, 4) is 0 Å². The van der Waals surface area contributed by atoms with Gasteiger partial charge in [-0.2, -0.15) is 15.1 Å². The predicted molar refractivity (Wildman–Crippen MR) is 65.1 cm³/mol. The van der Waals surface area contributed by atoms with Gasteiger partial charge in [0.25, 0.3) is 6.43 Å². The summed E-state index contributed by atoms with van der Waals surface area (Å²) in [6, 6.07) is 0. The first-order chi connectivity index (χ1) is 8.61. The maximum Gasteiger partial charge on any atom is 0.255 e. The Morgan fingerprint density at radius 3 is 2.89 bits per heavy atom. The van der Waals surface area contributed by atoms with Crippen LogP contribution in [-0.4, -0.2) is 46.7 Å². The number of hydrogen-bond donors (Lipinski definition) is 2. The highest BCUT2D eigenvalue weighted by Gasteiger charge is 2.15. The van der Waals surface area contributed by atoms with Gasteiger partial charge in [0.05, 0.1) is 18.1 Å². The topological polar surface area (TPSA) is 69.7 Å². The number of rotatable bonds is 5. The Morgan fingerprint density at radius 1 is 1.44 bits per heavy atom. The first-order valence-electron chi connectivity index (χ1n) is 5.56. The fourth-order valence-corrected chi connectivity index (χ4v) is 1.64. The molecule has 8 heteroatoms. The molecule has 0 spiro atoms. The van der Waals surface area contributed by atoms with Gasteiger partial charge in [0.15, 0.2) is 5.65 Å². The van der Waals surface area contributed by atoms with Crippen molar-refractivity contribution in [3.05, 3.63) is 6.20 Å². The van der Waals surface area contributed by atoms with Gasteiger partial charge in [-0.15, -0.1) is 0 Å². The fourth-order valence-electron chi connectivity index (χ4n) is 1.64. The van der Waals surface area contributed by atoms with Crippen LogP contribution in [0.4, 0.5) is 20.5 Å². The van der Waals surface area contributed by atoms with Gasteiger partial charge in [0.1, 0.15) is 5.82 Å². The van der Waals surface area contributed by atoms with Crippen molar-refractivity contribution in [2.24, 2.45) is 0 Å². The minimum absolute atomic E-state index is 0.386. The van der Waals surface area contributed by atoms with Crippen molar-refractivity contribution in [1.82, 2.24) is 20.2 Å². The van der Waals surface area contributed by atoms with Crippen LogP contribution in [0.1, 0.15) is 6.92 Å². The average molecular weight is 256 g/mol. The van der Waals surface area contributed by atoms with E-state index >= 15 is 0 Å². The molecule has 98 valence electrons. The van der Waals surface area contributed by atoms with Crippen molar-refractivity contribution in [2.75, 3.05) is 30.4 Å². The zero-order valence-electron chi connectivity index (χ0n) is 10.1. The summed E-state index contributed by atoms with van der Waals surface area (Å²) in [6.45, 7) is 2.17. The second-order valence-electron chi connectivity index (χ2n) is 3.81. The SMILES string of the molecule is CCNc1nc(N(C)CC(F)F)c2cn[nH]c2n1. The minimum Gasteiger partial charge on any atom is -0.354 e. The van der Waals surface area contributed by atoms with E-state index in [2.05, 4.69) is 25.5 Å². The molecular weight excluding hydrogens is 242 g/mol. The molecule has 0 aliphatic rings. The number of aromatic nitrogens is 4. The van der Waals surface area contributed by atoms with Gasteiger partial charge >= 0.3 is 0 Å². The lowest BCUT2D eigenvalue weighted by atomic mass is 10.3. The summed E-state index contributed by atoms with van der Waals surface area (Å²) in [6.07, 6.45) is -0.892. The smallest absolute Gasteiger partial charge is 0.255 e. The molecule has 6 nitrogen and oxygen atoms in total. The minimum atomic E-state index is -2.42. The number of nitrogens with one attached hydrogen (secondary N) is 2. The van der Waals surface area contributed by atoms with E-state index in [1.54, 1.807) is 7.05 Å². The first-order valence-corrected chi connectivity index (χ1v) is 5.56. The third-order valence-electron chi connectivity index (χ3n) is 2.40. The van der Waals surface area contributed by atoms with Crippen molar-refractivity contribution in [1.29, 1.82) is 0 Å². The number of aromatic amines is 1. The van der Waals surface area contributed by atoms with Crippen molar-refractivity contribution >= 4 is 22.8 Å². The van der Waals surface area contributed by atoms with E-state index in [0.717, 1.165) is 0 Å². The maximum atomic E-state index is 12.4. The summed E-state index contributed by atoms with van der Waals surface area (Å²) >= 11 is 0. The molecule has 2 aromatic rings. The summed E-state index contributed by atoms with van der Waals surface area (Å²) in [4.78, 5) is 9.81. The number of nitrogens with zero attached hydrogens (tertiary/aromatic N) is 4. The summed E-state index contributed by atoms with van der Waals surface area (Å²) in [5.41, 5.74) is 0.525. The third kappa shape index (κ3) is 2.47. The van der Waals surface area contributed by atoms with Crippen LogP contribution >= 0.6 is 0 Å². The molecule has 18 heavy (non-hydrogen) atoms. The molecule has 2 heterocycles. The molecular formula is C10H14F2N6. The largest absolute Gasteiger partial charge is 0.354 e. The second-order valence-corrected chi connectivity index (χ2v) is 3.81. The van der Waals surface area contributed by atoms with Gasteiger partial charge in [0, 0.05) is 13.6 Å². The molecule has 2 N–H and O–H groups in total. The van der Waals surface area contributed by atoms with Gasteiger partial charge in [0.2, 0.25) is 5.95 Å². The average Bonchev–Trinajstić information content (AvgIpc) is 2.75. The molecule has 2 rings (SSSR count). The Balaban J connectivity index is 2.42. The molecule has 0 aliphatic carbocycles. The summed E-state index contributed by atoms with van der Waals surface area (Å²) in [7, 11) is 1.57. The maximum absolute atomic E-state index is 12.4. The van der Waals surface area contributed by atoms with E-state index < -0.39 is 6.43 Å². The van der Waals surface area contributed by atoms with E-state index in [0.29, 0.717) is 29.3 Å². The Kier molecular flexibility index (Phi) is 3.54. The van der Waals surface area contributed by atoms with Crippen LogP contribution < -0.4 is 10.2 Å². The van der Waals surface area contributed by atoms with Crippen LogP contribution in [0.2, 0.25) is 0 Å². The fraction of sp³-hybridized carbons (Fsp3) is 0.500. The quantitative estimate of drug-likeness (QED) is 0.848. The number of anilines is 2. The number of hydrogen-bond acceptors (Lipinski definition) is 5. The number of alkyl halides is 2. The van der Waals surface area contributed by atoms with Gasteiger partial charge in [-0.3, -0.25) is 5.10 Å². The van der Waals surface area contributed by atoms with Crippen LogP contribution in [0.3, 0.4) is 0 Å². The molecule has 0 aromatic carbocycles. The van der Waals surface area contributed by atoms with Crippen LogP contribution in [-0.2, 0) is 0 Å². The number of H-pyrrole nitrogens is 1. The summed E-state index contributed by atoms with van der Waals surface area (Å²) in [5.74, 6) is 0.829. The molecule has 0 aliphatic heterocycles. The van der Waals surface area contributed by atoms with E-state index in [9.17, 15) is 8.78 Å². The number of halogens is 2. The molecule has 0 unspecified atom stereocenters. The molecule has 0 fully saturated rings. The van der Waals surface area contributed by atoms with Gasteiger partial charge in [-0.1, -0.05) is 0 Å². The monoisotopic (exact) mass is 256 g/mol. The Bertz CT molecular complexity index is 526. The molecule has 0 atom stereocenters. The molecule has 0 saturated carbocycles. The molecule has 0 amide bonds. The zero-order chi connectivity index (χ0) is 13.1. The van der Waals surface area contributed by atoms with E-state index in [1.165, 1.54) is 11.1 Å². The lowest BCUT2D eigenvalue weighted by Crippen LogP contribution is -2.25. The number of fused-ring (bicyclic) bond motifs is 1. The standard InChI is InChI=1S/C10H14F2N6/c1-3-13-10-15-8-6(4-14-17-8)9(16-10)18(2)5-7(11)12/h4,7H,3,5H2,1-2H3,(H2,13,14,15,16,17). The van der Waals surface area contributed by atoms with Crippen molar-refractivity contribution in [3.63, 3.8) is 0 Å². The summed E-state index contributed by atoms with van der Waals surface area (Å²) < 4.78 is 24.8. The third-order valence-corrected chi connectivity index (χ3v) is 2.40. The van der Waals surface area contributed by atoms with E-state index in [-0.39, 0.29) is 6.54 Å². The highest BCUT2D eigenvalue weighted by atomic mass is 19.3. The second kappa shape index (κ2) is 5.11. The van der Waals surface area contributed by atoms with Crippen LogP contribution in [0.15, 0.2) is 6.20 Å². The zero-order valence-corrected chi connectivity index (χ0v) is 10.1. The molecule has 0 saturated heterocycles. The normalized spacial score (nSPS) is 11.2. The Hall–Kier alpha value is -1.99. The highest BCUT2D eigenvalue weighted by Crippen LogP contribution is 2.23. The molecule has 0 bridgehead atoms. The first kappa shape index (κ1) is 12.5. The van der Waals surface area contributed by atoms with Crippen LogP contribution in [0.25, 0.3) is 11.0 Å².